The maximum Gasteiger partial charge on any atom is 0.171 e. The lowest BCUT2D eigenvalue weighted by molar-refractivity contribution is 0.0801. The van der Waals surface area contributed by atoms with Crippen molar-refractivity contribution in [1.29, 1.82) is 0 Å². The average molecular weight is 370 g/mol. The minimum atomic E-state index is -0.427. The molecule has 5 rings (SSSR count). The van der Waals surface area contributed by atoms with Crippen molar-refractivity contribution in [2.45, 2.75) is 0 Å². The lowest BCUT2D eigenvalue weighted by Crippen LogP contribution is -2.35. The molecule has 2 aliphatic carbocycles. The van der Waals surface area contributed by atoms with Crippen molar-refractivity contribution < 1.29 is 14.0 Å². The Morgan fingerprint density at radius 1 is 0.929 bits per heavy atom. The Labute approximate surface area is 159 Å². The molecule has 2 atom stereocenters. The van der Waals surface area contributed by atoms with Gasteiger partial charge in [0, 0.05) is 16.7 Å². The van der Waals surface area contributed by atoms with Crippen LogP contribution in [0.4, 0.5) is 0 Å². The number of carbonyl (C=O) groups excluding carboxylic acids is 2. The van der Waals surface area contributed by atoms with Crippen LogP contribution in [0.5, 0.6) is 0 Å². The van der Waals surface area contributed by atoms with E-state index >= 15 is 0 Å². The summed E-state index contributed by atoms with van der Waals surface area (Å²) in [7, 11) is 0. The summed E-state index contributed by atoms with van der Waals surface area (Å²) in [5.41, 5.74) is 1.65. The van der Waals surface area contributed by atoms with Crippen LogP contribution >= 0.6 is 0 Å². The second kappa shape index (κ2) is 6.38. The summed E-state index contributed by atoms with van der Waals surface area (Å²) in [5.74, 6) is 0.248. The monoisotopic (exact) mass is 370 g/mol. The molecular formula is C21H14N4O3. The van der Waals surface area contributed by atoms with Gasteiger partial charge < -0.3 is 4.42 Å². The Kier molecular flexibility index (Phi) is 3.72. The van der Waals surface area contributed by atoms with Crippen molar-refractivity contribution in [3.05, 3.63) is 84.2 Å². The standard InChI is InChI=1S/C21H14N4O3/c26-20-15-3-1-2-4-16(15)21(27)18-9-13(5-7-17(18)20)19-8-6-14(28-19)10-24-25-11-22-23-12-25/h1-12,15-16H/t15-,16-/m0/s1. The highest BCUT2D eigenvalue weighted by Gasteiger charge is 2.39. The lowest BCUT2D eigenvalue weighted by atomic mass is 9.72. The van der Waals surface area contributed by atoms with Gasteiger partial charge in [-0.15, -0.1) is 10.2 Å². The third-order valence-corrected chi connectivity index (χ3v) is 4.93. The van der Waals surface area contributed by atoms with Gasteiger partial charge >= 0.3 is 0 Å². The molecule has 2 aliphatic rings. The normalized spacial score (nSPS) is 20.6. The van der Waals surface area contributed by atoms with E-state index in [-0.39, 0.29) is 11.6 Å². The van der Waals surface area contributed by atoms with E-state index in [1.807, 2.05) is 12.2 Å². The summed E-state index contributed by atoms with van der Waals surface area (Å²) in [6, 6.07) is 8.82. The van der Waals surface area contributed by atoms with E-state index < -0.39 is 11.8 Å². The number of allylic oxidation sites excluding steroid dienone is 4. The van der Waals surface area contributed by atoms with Gasteiger partial charge in [0.05, 0.1) is 18.1 Å². The first-order valence-corrected chi connectivity index (χ1v) is 8.77. The van der Waals surface area contributed by atoms with Crippen molar-refractivity contribution in [2.24, 2.45) is 16.9 Å². The summed E-state index contributed by atoms with van der Waals surface area (Å²) in [4.78, 5) is 25.7. The largest absolute Gasteiger partial charge is 0.455 e. The summed E-state index contributed by atoms with van der Waals surface area (Å²) >= 11 is 0. The van der Waals surface area contributed by atoms with E-state index in [1.165, 1.54) is 17.3 Å². The highest BCUT2D eigenvalue weighted by molar-refractivity contribution is 6.17. The smallest absolute Gasteiger partial charge is 0.171 e. The van der Waals surface area contributed by atoms with Gasteiger partial charge in [0.15, 0.2) is 11.6 Å². The molecule has 0 saturated heterocycles. The van der Waals surface area contributed by atoms with E-state index in [9.17, 15) is 9.59 Å². The molecule has 0 bridgehead atoms. The minimum Gasteiger partial charge on any atom is -0.455 e. The van der Waals surface area contributed by atoms with Gasteiger partial charge in [-0.25, -0.2) is 4.68 Å². The molecule has 0 spiro atoms. The van der Waals surface area contributed by atoms with E-state index in [2.05, 4.69) is 15.3 Å². The molecule has 0 fully saturated rings. The summed E-state index contributed by atoms with van der Waals surface area (Å²) in [6.07, 6.45) is 11.7. The highest BCUT2D eigenvalue weighted by Crippen LogP contribution is 2.36. The van der Waals surface area contributed by atoms with Gasteiger partial charge in [0.25, 0.3) is 0 Å². The molecule has 0 radical (unpaired) electrons. The molecule has 1 aromatic carbocycles. The first kappa shape index (κ1) is 16.3. The molecule has 2 aromatic heterocycles. The Morgan fingerprint density at radius 2 is 1.64 bits per heavy atom. The van der Waals surface area contributed by atoms with Crippen molar-refractivity contribution in [2.75, 3.05) is 0 Å². The van der Waals surface area contributed by atoms with Crippen LogP contribution in [0.2, 0.25) is 0 Å². The number of benzene rings is 1. The second-order valence-corrected chi connectivity index (χ2v) is 6.60. The number of ketones is 2. The Bertz CT molecular complexity index is 1170. The fourth-order valence-electron chi connectivity index (χ4n) is 3.54. The Morgan fingerprint density at radius 3 is 2.39 bits per heavy atom. The lowest BCUT2D eigenvalue weighted by Gasteiger charge is -2.28. The molecular weight excluding hydrogens is 356 g/mol. The minimum absolute atomic E-state index is 0.0204. The van der Waals surface area contributed by atoms with Crippen LogP contribution in [0.1, 0.15) is 26.5 Å². The van der Waals surface area contributed by atoms with Gasteiger partial charge in [-0.3, -0.25) is 9.59 Å². The first-order chi connectivity index (χ1) is 13.7. The van der Waals surface area contributed by atoms with Crippen molar-refractivity contribution in [3.8, 4) is 11.3 Å². The van der Waals surface area contributed by atoms with E-state index in [4.69, 9.17) is 4.42 Å². The van der Waals surface area contributed by atoms with E-state index in [0.717, 1.165) is 5.56 Å². The number of rotatable bonds is 3. The third kappa shape index (κ3) is 2.64. The fourth-order valence-corrected chi connectivity index (χ4v) is 3.54. The maximum absolute atomic E-state index is 12.9. The number of carbonyl (C=O) groups is 2. The van der Waals surface area contributed by atoms with Crippen molar-refractivity contribution >= 4 is 17.8 Å². The van der Waals surface area contributed by atoms with Gasteiger partial charge in [0.1, 0.15) is 24.2 Å². The van der Waals surface area contributed by atoms with Gasteiger partial charge in [-0.05, 0) is 24.3 Å². The number of aromatic nitrogens is 3. The van der Waals surface area contributed by atoms with Gasteiger partial charge in [0.2, 0.25) is 0 Å². The van der Waals surface area contributed by atoms with E-state index in [0.29, 0.717) is 22.6 Å². The number of furan rings is 1. The highest BCUT2D eigenvalue weighted by atomic mass is 16.3. The predicted molar refractivity (Wildman–Crippen MR) is 101 cm³/mol. The SMILES string of the molecule is O=C1c2ccc(-c3ccc(C=Nn4cnnc4)o3)cc2C(=O)[C@H]2C=CC=C[C@H]12. The molecule has 0 N–H and O–H groups in total. The number of fused-ring (bicyclic) bond motifs is 2. The maximum atomic E-state index is 12.9. The topological polar surface area (TPSA) is 90.3 Å². The van der Waals surface area contributed by atoms with Crippen LogP contribution in [0.3, 0.4) is 0 Å². The predicted octanol–water partition coefficient (Wildman–Crippen LogP) is 3.16. The van der Waals surface area contributed by atoms with Crippen LogP contribution in [-0.4, -0.2) is 32.7 Å². The van der Waals surface area contributed by atoms with Crippen molar-refractivity contribution in [1.82, 2.24) is 14.9 Å². The van der Waals surface area contributed by atoms with Crippen molar-refractivity contribution in [3.63, 3.8) is 0 Å². The zero-order valence-electron chi connectivity index (χ0n) is 14.6. The number of Topliss-reactive ketones (excluding diaryl/α,β-unsaturated/α-hetero) is 2. The Balaban J connectivity index is 1.48. The molecule has 0 unspecified atom stereocenters. The van der Waals surface area contributed by atoms with Gasteiger partial charge in [-0.1, -0.05) is 30.4 Å². The van der Waals surface area contributed by atoms with Crippen LogP contribution in [0, 0.1) is 11.8 Å². The van der Waals surface area contributed by atoms with Gasteiger partial charge in [-0.2, -0.15) is 5.10 Å². The second-order valence-electron chi connectivity index (χ2n) is 6.60. The number of hydrogen-bond donors (Lipinski definition) is 0. The number of nitrogens with zero attached hydrogens (tertiary/aromatic N) is 4. The van der Waals surface area contributed by atoms with Crippen LogP contribution < -0.4 is 0 Å². The zero-order valence-corrected chi connectivity index (χ0v) is 14.6. The first-order valence-electron chi connectivity index (χ1n) is 8.77. The summed E-state index contributed by atoms with van der Waals surface area (Å²) in [5, 5.41) is 11.5. The molecule has 3 aromatic rings. The molecule has 7 heteroatoms. The number of hydrogen-bond acceptors (Lipinski definition) is 6. The zero-order chi connectivity index (χ0) is 19.1. The third-order valence-electron chi connectivity index (χ3n) is 4.93. The summed E-state index contributed by atoms with van der Waals surface area (Å²) in [6.45, 7) is 0. The average Bonchev–Trinajstić information content (AvgIpc) is 3.42. The van der Waals surface area contributed by atoms with E-state index in [1.54, 1.807) is 48.7 Å². The molecule has 0 aliphatic heterocycles. The molecule has 7 nitrogen and oxygen atoms in total. The molecule has 0 amide bonds. The van der Waals surface area contributed by atoms with Crippen LogP contribution in [0.15, 0.2) is 76.8 Å². The quantitative estimate of drug-likeness (QED) is 0.661. The fraction of sp³-hybridized carbons (Fsp3) is 0.0952. The van der Waals surface area contributed by atoms with Crippen LogP contribution in [0.25, 0.3) is 11.3 Å². The van der Waals surface area contributed by atoms with Crippen LogP contribution in [-0.2, 0) is 0 Å². The molecule has 0 saturated carbocycles. The summed E-state index contributed by atoms with van der Waals surface area (Å²) < 4.78 is 7.26. The Hall–Kier alpha value is -3.87. The molecule has 28 heavy (non-hydrogen) atoms. The molecule has 136 valence electrons. The molecule has 2 heterocycles.